The summed E-state index contributed by atoms with van der Waals surface area (Å²) in [7, 11) is 1.84. The lowest BCUT2D eigenvalue weighted by Gasteiger charge is -2.06. The first kappa shape index (κ1) is 6.31. The molecule has 0 spiro atoms. The van der Waals surface area contributed by atoms with E-state index in [0.717, 1.165) is 12.3 Å². The van der Waals surface area contributed by atoms with Gasteiger partial charge in [0.15, 0.2) is 0 Å². The predicted octanol–water partition coefficient (Wildman–Crippen LogP) is -1.40. The number of hydrazone groups is 1. The lowest BCUT2D eigenvalue weighted by Crippen LogP contribution is -2.37. The average molecular weight is 129 g/mol. The molecule has 0 amide bonds. The maximum absolute atomic E-state index is 5.29. The smallest absolute Gasteiger partial charge is 0.140 e. The molecule has 0 aliphatic carbocycles. The van der Waals surface area contributed by atoms with Crippen molar-refractivity contribution < 1.29 is 0 Å². The molecule has 9 heavy (non-hydrogen) atoms. The lowest BCUT2D eigenvalue weighted by molar-refractivity contribution is 0.231. The number of nitrogens with two attached hydrogens (primary N) is 1. The van der Waals surface area contributed by atoms with Gasteiger partial charge >= 0.3 is 0 Å². The molecule has 0 aromatic rings. The molecule has 1 heterocycles. The molecule has 0 saturated carbocycles. The standard InChI is InChI=1S/C4H11N5/c1-9-7-4(2-3-5)6-8-9/h8H,2-3,5H2,1H3,(H,6,7). The summed E-state index contributed by atoms with van der Waals surface area (Å²) in [5, 5.41) is 5.58. The molecule has 0 bridgehead atoms. The molecule has 0 aromatic heterocycles. The summed E-state index contributed by atoms with van der Waals surface area (Å²) in [4.78, 5) is 0. The van der Waals surface area contributed by atoms with Gasteiger partial charge in [0.1, 0.15) is 5.84 Å². The van der Waals surface area contributed by atoms with Crippen LogP contribution in [0.25, 0.3) is 0 Å². The third-order valence-corrected chi connectivity index (χ3v) is 1.01. The van der Waals surface area contributed by atoms with Crippen molar-refractivity contribution >= 4 is 5.84 Å². The fraction of sp³-hybridized carbons (Fsp3) is 0.750. The van der Waals surface area contributed by atoms with Crippen LogP contribution in [-0.4, -0.2) is 24.5 Å². The molecular formula is C4H11N5. The Labute approximate surface area is 53.8 Å². The Bertz CT molecular complexity index is 120. The average Bonchev–Trinajstić information content (AvgIpc) is 2.17. The molecule has 1 aliphatic rings. The molecule has 0 unspecified atom stereocenters. The number of nitrogens with one attached hydrogen (secondary N) is 2. The minimum Gasteiger partial charge on any atom is -0.330 e. The van der Waals surface area contributed by atoms with Gasteiger partial charge in [-0.25, -0.2) is 5.53 Å². The van der Waals surface area contributed by atoms with Crippen molar-refractivity contribution in [1.29, 1.82) is 0 Å². The number of hydrogen-bond acceptors (Lipinski definition) is 5. The van der Waals surface area contributed by atoms with Gasteiger partial charge in [-0.3, -0.25) is 5.43 Å². The third-order valence-electron chi connectivity index (χ3n) is 1.01. The van der Waals surface area contributed by atoms with Crippen LogP contribution >= 0.6 is 0 Å². The van der Waals surface area contributed by atoms with Crippen molar-refractivity contribution in [3.63, 3.8) is 0 Å². The Morgan fingerprint density at radius 3 is 3.00 bits per heavy atom. The maximum Gasteiger partial charge on any atom is 0.140 e. The van der Waals surface area contributed by atoms with Gasteiger partial charge in [0.05, 0.1) is 0 Å². The SMILES string of the molecule is CN1NN=C(CCN)N1. The van der Waals surface area contributed by atoms with Crippen molar-refractivity contribution in [1.82, 2.24) is 16.1 Å². The molecule has 0 aromatic carbocycles. The molecule has 4 N–H and O–H groups in total. The van der Waals surface area contributed by atoms with E-state index in [2.05, 4.69) is 16.1 Å². The van der Waals surface area contributed by atoms with Crippen LogP contribution in [0.3, 0.4) is 0 Å². The molecule has 0 radical (unpaired) electrons. The van der Waals surface area contributed by atoms with Gasteiger partial charge in [-0.2, -0.15) is 0 Å². The second-order valence-electron chi connectivity index (χ2n) is 1.87. The van der Waals surface area contributed by atoms with Crippen molar-refractivity contribution in [2.24, 2.45) is 10.8 Å². The normalized spacial score (nSPS) is 18.7. The van der Waals surface area contributed by atoms with Crippen LogP contribution in [0.2, 0.25) is 0 Å². The van der Waals surface area contributed by atoms with Gasteiger partial charge in [0.25, 0.3) is 0 Å². The highest BCUT2D eigenvalue weighted by Gasteiger charge is 2.06. The summed E-state index contributed by atoms with van der Waals surface area (Å²) >= 11 is 0. The Balaban J connectivity index is 2.27. The molecule has 1 aliphatic heterocycles. The monoisotopic (exact) mass is 129 g/mol. The van der Waals surface area contributed by atoms with E-state index in [1.54, 1.807) is 5.12 Å². The summed E-state index contributed by atoms with van der Waals surface area (Å²) in [6.07, 6.45) is 0.789. The predicted molar refractivity (Wildman–Crippen MR) is 35.1 cm³/mol. The van der Waals surface area contributed by atoms with Crippen LogP contribution in [0.5, 0.6) is 0 Å². The lowest BCUT2D eigenvalue weighted by atomic mass is 10.4. The van der Waals surface area contributed by atoms with Crippen molar-refractivity contribution in [2.45, 2.75) is 6.42 Å². The van der Waals surface area contributed by atoms with Gasteiger partial charge in [-0.15, -0.1) is 10.2 Å². The number of nitrogens with zero attached hydrogens (tertiary/aromatic N) is 2. The summed E-state index contributed by atoms with van der Waals surface area (Å²) < 4.78 is 0. The van der Waals surface area contributed by atoms with Gasteiger partial charge in [-0.05, 0) is 6.54 Å². The van der Waals surface area contributed by atoms with E-state index in [0.29, 0.717) is 6.54 Å². The van der Waals surface area contributed by atoms with Crippen LogP contribution in [0.15, 0.2) is 5.10 Å². The molecule has 0 saturated heterocycles. The first-order valence-corrected chi connectivity index (χ1v) is 2.85. The van der Waals surface area contributed by atoms with Crippen molar-refractivity contribution in [2.75, 3.05) is 13.6 Å². The molecule has 5 heteroatoms. The first-order chi connectivity index (χ1) is 4.33. The highest BCUT2D eigenvalue weighted by molar-refractivity contribution is 5.82. The largest absolute Gasteiger partial charge is 0.330 e. The topological polar surface area (TPSA) is 65.7 Å². The maximum atomic E-state index is 5.29. The van der Waals surface area contributed by atoms with E-state index in [-0.39, 0.29) is 0 Å². The van der Waals surface area contributed by atoms with Gasteiger partial charge in [-0.1, -0.05) is 0 Å². The minimum atomic E-state index is 0.626. The van der Waals surface area contributed by atoms with E-state index in [1.165, 1.54) is 0 Å². The number of hydrogen-bond donors (Lipinski definition) is 3. The second-order valence-corrected chi connectivity index (χ2v) is 1.87. The molecular weight excluding hydrogens is 118 g/mol. The van der Waals surface area contributed by atoms with Crippen LogP contribution in [-0.2, 0) is 0 Å². The Morgan fingerprint density at radius 1 is 1.78 bits per heavy atom. The van der Waals surface area contributed by atoms with E-state index in [4.69, 9.17) is 5.73 Å². The summed E-state index contributed by atoms with van der Waals surface area (Å²) in [5.74, 6) is 0.889. The van der Waals surface area contributed by atoms with E-state index in [1.807, 2.05) is 7.05 Å². The van der Waals surface area contributed by atoms with Crippen LogP contribution < -0.4 is 16.7 Å². The third kappa shape index (κ3) is 1.55. The van der Waals surface area contributed by atoms with Gasteiger partial charge in [0, 0.05) is 13.5 Å². The van der Waals surface area contributed by atoms with Gasteiger partial charge < -0.3 is 5.73 Å². The minimum absolute atomic E-state index is 0.626. The molecule has 0 fully saturated rings. The number of rotatable bonds is 2. The summed E-state index contributed by atoms with van der Waals surface area (Å²) in [6.45, 7) is 0.626. The fourth-order valence-electron chi connectivity index (χ4n) is 0.627. The Kier molecular flexibility index (Phi) is 1.86. The van der Waals surface area contributed by atoms with Crippen molar-refractivity contribution in [3.05, 3.63) is 0 Å². The highest BCUT2D eigenvalue weighted by Crippen LogP contribution is 1.86. The van der Waals surface area contributed by atoms with Crippen LogP contribution in [0.4, 0.5) is 0 Å². The summed E-state index contributed by atoms with van der Waals surface area (Å²) in [6, 6.07) is 0. The number of amidine groups is 1. The Morgan fingerprint density at radius 2 is 2.56 bits per heavy atom. The van der Waals surface area contributed by atoms with E-state index < -0.39 is 0 Å². The van der Waals surface area contributed by atoms with Crippen LogP contribution in [0.1, 0.15) is 6.42 Å². The molecule has 5 nitrogen and oxygen atoms in total. The zero-order valence-corrected chi connectivity index (χ0v) is 5.39. The van der Waals surface area contributed by atoms with Crippen molar-refractivity contribution in [3.8, 4) is 0 Å². The summed E-state index contributed by atoms with van der Waals surface area (Å²) in [5.41, 5.74) is 10.9. The first-order valence-electron chi connectivity index (χ1n) is 2.85. The fourth-order valence-corrected chi connectivity index (χ4v) is 0.627. The van der Waals surface area contributed by atoms with E-state index >= 15 is 0 Å². The van der Waals surface area contributed by atoms with E-state index in [9.17, 15) is 0 Å². The highest BCUT2D eigenvalue weighted by atomic mass is 15.9. The molecule has 1 rings (SSSR count). The van der Waals surface area contributed by atoms with Crippen LogP contribution in [0, 0.1) is 0 Å². The molecule has 0 atom stereocenters. The van der Waals surface area contributed by atoms with Gasteiger partial charge in [0.2, 0.25) is 0 Å². The Hall–Kier alpha value is -0.810. The zero-order chi connectivity index (χ0) is 6.69. The second kappa shape index (κ2) is 2.65. The number of hydrazine groups is 2. The quantitative estimate of drug-likeness (QED) is 0.429. The zero-order valence-electron chi connectivity index (χ0n) is 5.39. The molecule has 52 valence electrons.